The second-order valence-electron chi connectivity index (χ2n) is 3.32. The van der Waals surface area contributed by atoms with Gasteiger partial charge in [-0.3, -0.25) is 4.79 Å². The highest BCUT2D eigenvalue weighted by atomic mass is 79.9. The van der Waals surface area contributed by atoms with Crippen LogP contribution in [0.3, 0.4) is 0 Å². The van der Waals surface area contributed by atoms with Gasteiger partial charge in [-0.15, -0.1) is 0 Å². The predicted molar refractivity (Wildman–Crippen MR) is 73.9 cm³/mol. The molecule has 0 unspecified atom stereocenters. The van der Waals surface area contributed by atoms with Crippen LogP contribution in [-0.2, 0) is 9.53 Å². The highest BCUT2D eigenvalue weighted by Gasteiger charge is 2.10. The Morgan fingerprint density at radius 3 is 2.76 bits per heavy atom. The smallest absolute Gasteiger partial charge is 0.250 e. The second kappa shape index (κ2) is 7.21. The zero-order chi connectivity index (χ0) is 12.8. The van der Waals surface area contributed by atoms with E-state index in [0.29, 0.717) is 26.8 Å². The van der Waals surface area contributed by atoms with Gasteiger partial charge in [0.2, 0.25) is 5.91 Å². The molecule has 3 nitrogen and oxygen atoms in total. The van der Waals surface area contributed by atoms with Crippen LogP contribution in [0.5, 0.6) is 0 Å². The number of hydrogen-bond donors (Lipinski definition) is 1. The zero-order valence-electron chi connectivity index (χ0n) is 9.23. The Kier molecular flexibility index (Phi) is 6.27. The Hall–Kier alpha value is -0.290. The highest BCUT2D eigenvalue weighted by molar-refractivity contribution is 9.10. The topological polar surface area (TPSA) is 38.3 Å². The molecule has 0 saturated carbocycles. The Balaban J connectivity index is 2.63. The van der Waals surface area contributed by atoms with Crippen molar-refractivity contribution in [3.8, 4) is 0 Å². The van der Waals surface area contributed by atoms with Gasteiger partial charge in [0, 0.05) is 11.1 Å². The third kappa shape index (κ3) is 4.47. The van der Waals surface area contributed by atoms with Crippen LogP contribution < -0.4 is 5.32 Å². The summed E-state index contributed by atoms with van der Waals surface area (Å²) in [6, 6.07) is 3.40. The van der Waals surface area contributed by atoms with E-state index in [1.807, 2.05) is 6.92 Å². The summed E-state index contributed by atoms with van der Waals surface area (Å²) in [7, 11) is 0. The van der Waals surface area contributed by atoms with Crippen LogP contribution in [0.2, 0.25) is 10.0 Å². The molecule has 0 spiro atoms. The van der Waals surface area contributed by atoms with Gasteiger partial charge < -0.3 is 10.1 Å². The largest absolute Gasteiger partial charge is 0.372 e. The highest BCUT2D eigenvalue weighted by Crippen LogP contribution is 2.35. The molecule has 94 valence electrons. The van der Waals surface area contributed by atoms with Crippen molar-refractivity contribution in [3.63, 3.8) is 0 Å². The molecule has 1 N–H and O–H groups in total. The first-order valence-corrected chi connectivity index (χ1v) is 6.62. The van der Waals surface area contributed by atoms with Gasteiger partial charge in [-0.1, -0.05) is 30.1 Å². The Morgan fingerprint density at radius 1 is 1.41 bits per heavy atom. The van der Waals surface area contributed by atoms with Crippen LogP contribution in [0.15, 0.2) is 16.6 Å². The van der Waals surface area contributed by atoms with Gasteiger partial charge in [0.25, 0.3) is 0 Å². The lowest BCUT2D eigenvalue weighted by atomic mass is 10.3. The van der Waals surface area contributed by atoms with Crippen molar-refractivity contribution < 1.29 is 9.53 Å². The minimum atomic E-state index is -0.251. The first kappa shape index (κ1) is 14.8. The van der Waals surface area contributed by atoms with Crippen LogP contribution in [0, 0.1) is 0 Å². The summed E-state index contributed by atoms with van der Waals surface area (Å²) in [6.45, 7) is 2.55. The number of hydrogen-bond acceptors (Lipinski definition) is 2. The molecule has 0 aliphatic heterocycles. The van der Waals surface area contributed by atoms with Crippen LogP contribution in [-0.4, -0.2) is 19.1 Å². The average Bonchev–Trinajstić information content (AvgIpc) is 2.30. The lowest BCUT2D eigenvalue weighted by Crippen LogP contribution is -2.18. The predicted octanol–water partition coefficient (Wildman–Crippen LogP) is 4.12. The van der Waals surface area contributed by atoms with Crippen molar-refractivity contribution in [1.29, 1.82) is 0 Å². The number of carbonyl (C=O) groups excluding carboxylic acids is 1. The molecule has 0 aliphatic rings. The first-order valence-electron chi connectivity index (χ1n) is 5.07. The van der Waals surface area contributed by atoms with E-state index in [4.69, 9.17) is 27.9 Å². The molecule has 1 rings (SSSR count). The van der Waals surface area contributed by atoms with Crippen LogP contribution in [0.1, 0.15) is 13.3 Å². The van der Waals surface area contributed by atoms with E-state index < -0.39 is 0 Å². The van der Waals surface area contributed by atoms with E-state index in [1.54, 1.807) is 12.1 Å². The molecule has 0 heterocycles. The van der Waals surface area contributed by atoms with E-state index in [2.05, 4.69) is 21.2 Å². The summed E-state index contributed by atoms with van der Waals surface area (Å²) in [6.07, 6.45) is 0.873. The van der Waals surface area contributed by atoms with Gasteiger partial charge in [0.15, 0.2) is 0 Å². The molecule has 1 amide bonds. The number of ether oxygens (including phenoxy) is 1. The van der Waals surface area contributed by atoms with Crippen LogP contribution in [0.25, 0.3) is 0 Å². The maximum absolute atomic E-state index is 11.5. The first-order chi connectivity index (χ1) is 8.06. The van der Waals surface area contributed by atoms with Gasteiger partial charge in [-0.05, 0) is 34.5 Å². The molecular formula is C11H12BrCl2NO2. The second-order valence-corrected chi connectivity index (χ2v) is 4.93. The number of anilines is 1. The minimum absolute atomic E-state index is 0.0118. The summed E-state index contributed by atoms with van der Waals surface area (Å²) in [5.74, 6) is -0.251. The standard InChI is InChI=1S/C11H12BrCl2NO2/c1-2-5-17-6-9(16)15-8-4-3-7(12)10(13)11(8)14/h3-4H,2,5-6H2,1H3,(H,15,16). The Labute approximate surface area is 119 Å². The monoisotopic (exact) mass is 339 g/mol. The Morgan fingerprint density at radius 2 is 2.12 bits per heavy atom. The number of halogens is 3. The van der Waals surface area contributed by atoms with Crippen molar-refractivity contribution in [2.45, 2.75) is 13.3 Å². The van der Waals surface area contributed by atoms with E-state index in [1.165, 1.54) is 0 Å². The average molecular weight is 341 g/mol. The number of benzene rings is 1. The number of carbonyl (C=O) groups is 1. The lowest BCUT2D eigenvalue weighted by Gasteiger charge is -2.09. The number of amides is 1. The molecule has 0 fully saturated rings. The van der Waals surface area contributed by atoms with E-state index in [-0.39, 0.29) is 12.5 Å². The molecular weight excluding hydrogens is 329 g/mol. The summed E-state index contributed by atoms with van der Waals surface area (Å²) in [4.78, 5) is 11.5. The van der Waals surface area contributed by atoms with Crippen LogP contribution in [0.4, 0.5) is 5.69 Å². The van der Waals surface area contributed by atoms with Gasteiger partial charge >= 0.3 is 0 Å². The summed E-state index contributed by atoms with van der Waals surface area (Å²) in [5, 5.41) is 3.32. The third-order valence-corrected chi connectivity index (χ3v) is 3.66. The molecule has 0 bridgehead atoms. The van der Waals surface area contributed by atoms with E-state index in [0.717, 1.165) is 6.42 Å². The molecule has 17 heavy (non-hydrogen) atoms. The van der Waals surface area contributed by atoms with Crippen molar-refractivity contribution in [2.75, 3.05) is 18.5 Å². The molecule has 0 saturated heterocycles. The van der Waals surface area contributed by atoms with Gasteiger partial charge in [-0.2, -0.15) is 0 Å². The summed E-state index contributed by atoms with van der Waals surface area (Å²) < 4.78 is 5.80. The van der Waals surface area contributed by atoms with Gasteiger partial charge in [-0.25, -0.2) is 0 Å². The van der Waals surface area contributed by atoms with E-state index >= 15 is 0 Å². The van der Waals surface area contributed by atoms with Crippen molar-refractivity contribution >= 4 is 50.7 Å². The normalized spacial score (nSPS) is 10.4. The summed E-state index contributed by atoms with van der Waals surface area (Å²) in [5.41, 5.74) is 0.477. The van der Waals surface area contributed by atoms with E-state index in [9.17, 15) is 4.79 Å². The summed E-state index contributed by atoms with van der Waals surface area (Å²) >= 11 is 15.2. The lowest BCUT2D eigenvalue weighted by molar-refractivity contribution is -0.120. The molecule has 0 radical (unpaired) electrons. The molecule has 0 atom stereocenters. The molecule has 0 aromatic heterocycles. The Bertz CT molecular complexity index is 413. The molecule has 1 aromatic rings. The maximum atomic E-state index is 11.5. The zero-order valence-corrected chi connectivity index (χ0v) is 12.3. The SMILES string of the molecule is CCCOCC(=O)Nc1ccc(Br)c(Cl)c1Cl. The fourth-order valence-corrected chi connectivity index (χ4v) is 1.94. The third-order valence-electron chi connectivity index (χ3n) is 1.89. The fourth-order valence-electron chi connectivity index (χ4n) is 1.12. The quantitative estimate of drug-likeness (QED) is 0.646. The molecule has 6 heteroatoms. The van der Waals surface area contributed by atoms with Gasteiger partial charge in [0.05, 0.1) is 15.7 Å². The fraction of sp³-hybridized carbons (Fsp3) is 0.364. The number of rotatable bonds is 5. The van der Waals surface area contributed by atoms with Crippen molar-refractivity contribution in [1.82, 2.24) is 0 Å². The molecule has 0 aliphatic carbocycles. The van der Waals surface area contributed by atoms with Crippen molar-refractivity contribution in [2.24, 2.45) is 0 Å². The number of nitrogens with one attached hydrogen (secondary N) is 1. The molecule has 1 aromatic carbocycles. The van der Waals surface area contributed by atoms with Crippen LogP contribution >= 0.6 is 39.1 Å². The maximum Gasteiger partial charge on any atom is 0.250 e. The minimum Gasteiger partial charge on any atom is -0.372 e. The van der Waals surface area contributed by atoms with Crippen molar-refractivity contribution in [3.05, 3.63) is 26.7 Å². The van der Waals surface area contributed by atoms with Gasteiger partial charge in [0.1, 0.15) is 6.61 Å².